The molecule has 3 heteroatoms. The smallest absolute Gasteiger partial charge is 0.0760 e. The molecule has 0 amide bonds. The minimum atomic E-state index is 0.0316. The number of benzene rings is 2. The number of pyridine rings is 1. The Bertz CT molecular complexity index is 2420. The van der Waals surface area contributed by atoms with Crippen LogP contribution in [0.5, 0.6) is 0 Å². The number of fused-ring (bicyclic) bond motifs is 7. The SMILES string of the molecule is C1=NC2=C(c3c4n5c6c(nc7c(c6c6cc(-c8ccccc8)cc3c65)C3CC5CC(CC7C5)C3)C3CC14C3)C1CC3CC4CC2CC43C1. The predicted octanol–water partition coefficient (Wildman–Crippen LogP) is 10.5. The van der Waals surface area contributed by atoms with E-state index in [0.717, 1.165) is 23.7 Å². The van der Waals surface area contributed by atoms with Crippen molar-refractivity contribution in [3.63, 3.8) is 0 Å². The first-order valence-electron chi connectivity index (χ1n) is 19.8. The molecule has 48 heavy (non-hydrogen) atoms. The van der Waals surface area contributed by atoms with Gasteiger partial charge in [0, 0.05) is 68.2 Å². The molecule has 5 aromatic rings. The number of rotatable bonds is 1. The van der Waals surface area contributed by atoms with Crippen molar-refractivity contribution in [1.82, 2.24) is 9.38 Å². The van der Waals surface area contributed by atoms with Gasteiger partial charge in [0.1, 0.15) is 0 Å². The molecule has 2 spiro atoms. The van der Waals surface area contributed by atoms with Gasteiger partial charge in [-0.1, -0.05) is 30.3 Å². The molecule has 9 bridgehead atoms. The Labute approximate surface area is 281 Å². The molecule has 9 aliphatic carbocycles. The zero-order valence-corrected chi connectivity index (χ0v) is 27.6. The molecule has 236 valence electrons. The summed E-state index contributed by atoms with van der Waals surface area (Å²) in [5.74, 6) is 7.01. The largest absolute Gasteiger partial charge is 0.309 e. The van der Waals surface area contributed by atoms with Gasteiger partial charge in [-0.2, -0.15) is 0 Å². The van der Waals surface area contributed by atoms with E-state index in [-0.39, 0.29) is 5.41 Å². The summed E-state index contributed by atoms with van der Waals surface area (Å²) in [5.41, 5.74) is 17.7. The molecule has 0 N–H and O–H groups in total. The van der Waals surface area contributed by atoms with E-state index in [1.54, 1.807) is 44.2 Å². The zero-order chi connectivity index (χ0) is 30.4. The number of hydrogen-bond donors (Lipinski definition) is 0. The van der Waals surface area contributed by atoms with Crippen molar-refractivity contribution in [1.29, 1.82) is 0 Å². The lowest BCUT2D eigenvalue weighted by molar-refractivity contribution is 0.00292. The molecule has 0 radical (unpaired) electrons. The maximum absolute atomic E-state index is 5.96. The van der Waals surface area contributed by atoms with E-state index in [1.165, 1.54) is 111 Å². The number of nitrogens with zero attached hydrogens (tertiary/aromatic N) is 3. The van der Waals surface area contributed by atoms with Gasteiger partial charge in [-0.05, 0) is 152 Å². The second-order valence-corrected chi connectivity index (χ2v) is 19.1. The highest BCUT2D eigenvalue weighted by Gasteiger charge is 2.67. The highest BCUT2D eigenvalue weighted by molar-refractivity contribution is 6.21. The lowest BCUT2D eigenvalue weighted by atomic mass is 9.56. The zero-order valence-electron chi connectivity index (χ0n) is 27.6. The Balaban J connectivity index is 1.14. The normalized spacial score (nSPS) is 42.6. The van der Waals surface area contributed by atoms with Gasteiger partial charge in [0.2, 0.25) is 0 Å². The van der Waals surface area contributed by atoms with E-state index < -0.39 is 0 Å². The van der Waals surface area contributed by atoms with Crippen LogP contribution in [0.2, 0.25) is 0 Å². The van der Waals surface area contributed by atoms with Crippen molar-refractivity contribution in [2.24, 2.45) is 45.9 Å². The Morgan fingerprint density at radius 1 is 0.646 bits per heavy atom. The lowest BCUT2D eigenvalue weighted by Crippen LogP contribution is -2.41. The second-order valence-electron chi connectivity index (χ2n) is 19.1. The van der Waals surface area contributed by atoms with E-state index >= 15 is 0 Å². The van der Waals surface area contributed by atoms with Crippen LogP contribution >= 0.6 is 0 Å². The number of aliphatic imine (C=N–C) groups is 1. The van der Waals surface area contributed by atoms with E-state index in [4.69, 9.17) is 9.98 Å². The van der Waals surface area contributed by atoms with Gasteiger partial charge in [0.25, 0.3) is 0 Å². The van der Waals surface area contributed by atoms with Crippen LogP contribution in [0.1, 0.15) is 123 Å². The standard InChI is InChI=1S/C45H41N3/c1-2-4-23(5-3-1)24-13-32-36-34-25-7-21-6-22(8-25)10-26(9-21)39(34)47-40-29-16-44(17-29)20-46-38-28-12-31-15-30-11-27(18-45(30,31)19-28)35(38)37-33(14-24)41(32)48(42(36)40)43(37)44/h1-5,13-14,20-22,25-31H,6-12,15-19H2. The summed E-state index contributed by atoms with van der Waals surface area (Å²) in [5, 5.41) is 4.73. The fourth-order valence-electron chi connectivity index (χ4n) is 15.9. The summed E-state index contributed by atoms with van der Waals surface area (Å²) in [6.07, 6.45) is 19.1. The molecule has 3 aliphatic heterocycles. The minimum absolute atomic E-state index is 0.0316. The summed E-state index contributed by atoms with van der Waals surface area (Å²) < 4.78 is 2.88. The van der Waals surface area contributed by atoms with Crippen LogP contribution in [0.4, 0.5) is 0 Å². The monoisotopic (exact) mass is 623 g/mol. The average molecular weight is 624 g/mol. The molecule has 6 fully saturated rings. The molecule has 7 atom stereocenters. The quantitative estimate of drug-likeness (QED) is 0.183. The van der Waals surface area contributed by atoms with Crippen molar-refractivity contribution in [3.8, 4) is 11.1 Å². The van der Waals surface area contributed by atoms with Crippen LogP contribution in [0.15, 0.2) is 53.2 Å². The summed E-state index contributed by atoms with van der Waals surface area (Å²) in [7, 11) is 0. The fourth-order valence-corrected chi connectivity index (χ4v) is 15.9. The van der Waals surface area contributed by atoms with Crippen LogP contribution in [0.25, 0.3) is 43.9 Å². The molecule has 6 heterocycles. The Hall–Kier alpha value is -3.46. The van der Waals surface area contributed by atoms with Gasteiger partial charge in [0.15, 0.2) is 0 Å². The van der Waals surface area contributed by atoms with Crippen LogP contribution in [-0.4, -0.2) is 15.6 Å². The molecular weight excluding hydrogens is 583 g/mol. The van der Waals surface area contributed by atoms with Crippen molar-refractivity contribution in [2.75, 3.05) is 0 Å². The van der Waals surface area contributed by atoms with E-state index in [1.807, 2.05) is 0 Å². The molecule has 3 aromatic heterocycles. The molecular formula is C45H41N3. The van der Waals surface area contributed by atoms with Crippen molar-refractivity contribution < 1.29 is 0 Å². The van der Waals surface area contributed by atoms with Crippen LogP contribution < -0.4 is 0 Å². The third-order valence-electron chi connectivity index (χ3n) is 17.3. The topological polar surface area (TPSA) is 29.7 Å². The molecule has 17 rings (SSSR count). The van der Waals surface area contributed by atoms with Gasteiger partial charge >= 0.3 is 0 Å². The molecule has 6 saturated carbocycles. The molecule has 2 aromatic carbocycles. The highest BCUT2D eigenvalue weighted by Crippen LogP contribution is 2.76. The summed E-state index contributed by atoms with van der Waals surface area (Å²) in [6.45, 7) is 0. The van der Waals surface area contributed by atoms with Gasteiger partial charge in [0.05, 0.1) is 16.7 Å². The first-order valence-corrected chi connectivity index (χ1v) is 19.8. The van der Waals surface area contributed by atoms with Gasteiger partial charge in [-0.3, -0.25) is 9.98 Å². The first-order chi connectivity index (χ1) is 23.6. The Kier molecular flexibility index (Phi) is 3.85. The second kappa shape index (κ2) is 7.49. The Morgan fingerprint density at radius 2 is 1.42 bits per heavy atom. The van der Waals surface area contributed by atoms with E-state index in [2.05, 4.69) is 53.1 Å². The minimum Gasteiger partial charge on any atom is -0.309 e. The number of allylic oxidation sites excluding steroid dienone is 2. The third-order valence-corrected chi connectivity index (χ3v) is 17.3. The molecule has 3 nitrogen and oxygen atoms in total. The Morgan fingerprint density at radius 3 is 2.27 bits per heavy atom. The lowest BCUT2D eigenvalue weighted by Gasteiger charge is -2.48. The number of aromatic nitrogens is 2. The van der Waals surface area contributed by atoms with Crippen molar-refractivity contribution >= 4 is 39.0 Å². The van der Waals surface area contributed by atoms with E-state index in [0.29, 0.717) is 35.0 Å². The van der Waals surface area contributed by atoms with Crippen LogP contribution in [-0.2, 0) is 5.41 Å². The average Bonchev–Trinajstić information content (AvgIpc) is 3.62. The van der Waals surface area contributed by atoms with Crippen molar-refractivity contribution in [3.05, 3.63) is 76.4 Å². The van der Waals surface area contributed by atoms with Crippen LogP contribution in [0.3, 0.4) is 0 Å². The van der Waals surface area contributed by atoms with Gasteiger partial charge in [-0.25, -0.2) is 0 Å². The van der Waals surface area contributed by atoms with Gasteiger partial charge in [-0.15, -0.1) is 0 Å². The van der Waals surface area contributed by atoms with Crippen molar-refractivity contribution in [2.45, 2.75) is 100 Å². The first kappa shape index (κ1) is 24.6. The molecule has 0 saturated heterocycles. The molecule has 7 unspecified atom stereocenters. The summed E-state index contributed by atoms with van der Waals surface area (Å²) in [6, 6.07) is 16.6. The summed E-state index contributed by atoms with van der Waals surface area (Å²) in [4.78, 5) is 11.7. The maximum Gasteiger partial charge on any atom is 0.0760 e. The van der Waals surface area contributed by atoms with Gasteiger partial charge < -0.3 is 4.40 Å². The third kappa shape index (κ3) is 2.47. The van der Waals surface area contributed by atoms with E-state index in [9.17, 15) is 0 Å². The maximum atomic E-state index is 5.96. The van der Waals surface area contributed by atoms with Crippen LogP contribution in [0, 0.1) is 40.9 Å². The number of hydrogen-bond acceptors (Lipinski definition) is 2. The highest BCUT2D eigenvalue weighted by atomic mass is 15.0. The predicted molar refractivity (Wildman–Crippen MR) is 191 cm³/mol. The fraction of sp³-hybridized carbons (Fsp3) is 0.511. The summed E-state index contributed by atoms with van der Waals surface area (Å²) >= 11 is 0. The molecule has 12 aliphatic rings.